The van der Waals surface area contributed by atoms with E-state index < -0.39 is 0 Å². The molecule has 0 unspecified atom stereocenters. The maximum Gasteiger partial charge on any atom is 0.311 e. The molecule has 0 bridgehead atoms. The highest BCUT2D eigenvalue weighted by molar-refractivity contribution is 5.76. The fourth-order valence-corrected chi connectivity index (χ4v) is 4.64. The van der Waals surface area contributed by atoms with Crippen LogP contribution >= 0.6 is 0 Å². The van der Waals surface area contributed by atoms with Crippen molar-refractivity contribution in [2.45, 2.75) is 84.5 Å². The normalized spacial score (nSPS) is 37.2. The van der Waals surface area contributed by atoms with E-state index in [1.807, 2.05) is 0 Å². The van der Waals surface area contributed by atoms with Gasteiger partial charge in [-0.2, -0.15) is 0 Å². The van der Waals surface area contributed by atoms with Gasteiger partial charge in [-0.3, -0.25) is 4.79 Å². The van der Waals surface area contributed by atoms with E-state index in [9.17, 15) is 4.79 Å². The van der Waals surface area contributed by atoms with Gasteiger partial charge in [0.1, 0.15) is 0 Å². The van der Waals surface area contributed by atoms with Crippen molar-refractivity contribution >= 4 is 5.97 Å². The Morgan fingerprint density at radius 3 is 2.14 bits per heavy atom. The Morgan fingerprint density at radius 2 is 1.62 bits per heavy atom. The van der Waals surface area contributed by atoms with Gasteiger partial charge in [0.15, 0.2) is 0 Å². The topological polar surface area (TPSA) is 26.3 Å². The minimum Gasteiger partial charge on any atom is -0.469 e. The standard InChI is InChI=1S/C19H34O2/c1-4-5-6-15-7-9-16(10-8-15)17-11-13-19(2,14-12-17)18(20)21-3/h15-17H,4-14H2,1-3H3. The van der Waals surface area contributed by atoms with E-state index in [1.54, 1.807) is 0 Å². The molecule has 0 aliphatic heterocycles. The molecule has 2 aliphatic rings. The van der Waals surface area contributed by atoms with Crippen LogP contribution in [0, 0.1) is 23.2 Å². The van der Waals surface area contributed by atoms with Gasteiger partial charge in [-0.25, -0.2) is 0 Å². The summed E-state index contributed by atoms with van der Waals surface area (Å²) in [4.78, 5) is 11.9. The van der Waals surface area contributed by atoms with Crippen molar-refractivity contribution in [1.29, 1.82) is 0 Å². The molecule has 0 amide bonds. The van der Waals surface area contributed by atoms with E-state index in [0.717, 1.165) is 30.6 Å². The summed E-state index contributed by atoms with van der Waals surface area (Å²) in [5.74, 6) is 2.81. The number of hydrogen-bond donors (Lipinski definition) is 0. The van der Waals surface area contributed by atoms with Crippen LogP contribution in [-0.2, 0) is 9.53 Å². The molecular formula is C19H34O2. The third-order valence-corrected chi connectivity index (χ3v) is 6.34. The summed E-state index contributed by atoms with van der Waals surface area (Å²) in [7, 11) is 1.53. The lowest BCUT2D eigenvalue weighted by Crippen LogP contribution is -2.36. The minimum absolute atomic E-state index is 0.00391. The van der Waals surface area contributed by atoms with Crippen LogP contribution in [0.3, 0.4) is 0 Å². The largest absolute Gasteiger partial charge is 0.469 e. The molecule has 0 heterocycles. The molecule has 0 aromatic carbocycles. The van der Waals surface area contributed by atoms with Crippen LogP contribution in [0.1, 0.15) is 84.5 Å². The van der Waals surface area contributed by atoms with Crippen molar-refractivity contribution in [3.8, 4) is 0 Å². The number of hydrogen-bond acceptors (Lipinski definition) is 2. The molecule has 2 rings (SSSR count). The van der Waals surface area contributed by atoms with Gasteiger partial charge >= 0.3 is 5.97 Å². The van der Waals surface area contributed by atoms with Crippen LogP contribution in [0.15, 0.2) is 0 Å². The molecule has 122 valence electrons. The lowest BCUT2D eigenvalue weighted by molar-refractivity contribution is -0.154. The maximum atomic E-state index is 11.9. The molecule has 0 aromatic rings. The number of carbonyl (C=O) groups excluding carboxylic acids is 1. The summed E-state index contributed by atoms with van der Waals surface area (Å²) in [6.45, 7) is 4.39. The Balaban J connectivity index is 1.75. The smallest absolute Gasteiger partial charge is 0.311 e. The number of carbonyl (C=O) groups is 1. The molecule has 0 atom stereocenters. The molecule has 0 spiro atoms. The first-order chi connectivity index (χ1) is 10.1. The third-order valence-electron chi connectivity index (χ3n) is 6.34. The first kappa shape index (κ1) is 16.8. The van der Waals surface area contributed by atoms with Crippen molar-refractivity contribution < 1.29 is 9.53 Å². The Bertz CT molecular complexity index is 320. The van der Waals surface area contributed by atoms with E-state index in [2.05, 4.69) is 13.8 Å². The number of rotatable bonds is 5. The van der Waals surface area contributed by atoms with Crippen LogP contribution in [0.4, 0.5) is 0 Å². The molecule has 2 aliphatic carbocycles. The van der Waals surface area contributed by atoms with E-state index in [4.69, 9.17) is 4.74 Å². The third kappa shape index (κ3) is 4.23. The number of methoxy groups -OCH3 is 1. The van der Waals surface area contributed by atoms with Crippen LogP contribution in [-0.4, -0.2) is 13.1 Å². The molecule has 0 aromatic heterocycles. The molecule has 0 radical (unpaired) electrons. The van der Waals surface area contributed by atoms with Gasteiger partial charge in [-0.15, -0.1) is 0 Å². The fourth-order valence-electron chi connectivity index (χ4n) is 4.64. The summed E-state index contributed by atoms with van der Waals surface area (Å²) >= 11 is 0. The number of esters is 1. The maximum absolute atomic E-state index is 11.9. The Labute approximate surface area is 131 Å². The lowest BCUT2D eigenvalue weighted by Gasteiger charge is -2.40. The van der Waals surface area contributed by atoms with Crippen LogP contribution in [0.2, 0.25) is 0 Å². The average molecular weight is 294 g/mol. The Morgan fingerprint density at radius 1 is 1.05 bits per heavy atom. The zero-order valence-corrected chi connectivity index (χ0v) is 14.3. The van der Waals surface area contributed by atoms with Gasteiger partial charge in [-0.1, -0.05) is 39.0 Å². The Hall–Kier alpha value is -0.530. The summed E-state index contributed by atoms with van der Waals surface area (Å²) in [6.07, 6.45) is 14.5. The quantitative estimate of drug-likeness (QED) is 0.639. The van der Waals surface area contributed by atoms with Gasteiger partial charge in [0.2, 0.25) is 0 Å². The van der Waals surface area contributed by atoms with Crippen molar-refractivity contribution in [2.75, 3.05) is 7.11 Å². The lowest BCUT2D eigenvalue weighted by atomic mass is 9.65. The number of unbranched alkanes of at least 4 members (excludes halogenated alkanes) is 1. The molecule has 2 saturated carbocycles. The summed E-state index contributed by atoms with van der Waals surface area (Å²) in [6, 6.07) is 0. The van der Waals surface area contributed by atoms with Crippen LogP contribution in [0.25, 0.3) is 0 Å². The zero-order valence-electron chi connectivity index (χ0n) is 14.3. The second-order valence-electron chi connectivity index (χ2n) is 7.81. The van der Waals surface area contributed by atoms with Gasteiger partial charge in [0, 0.05) is 0 Å². The first-order valence-electron chi connectivity index (χ1n) is 9.17. The van der Waals surface area contributed by atoms with Crippen molar-refractivity contribution in [2.24, 2.45) is 23.2 Å². The molecule has 2 nitrogen and oxygen atoms in total. The highest BCUT2D eigenvalue weighted by Gasteiger charge is 2.40. The average Bonchev–Trinajstić information content (AvgIpc) is 2.53. The van der Waals surface area contributed by atoms with Gasteiger partial charge in [0.25, 0.3) is 0 Å². The molecular weight excluding hydrogens is 260 g/mol. The summed E-state index contributed by atoms with van der Waals surface area (Å²) < 4.78 is 4.99. The van der Waals surface area contributed by atoms with Gasteiger partial charge in [0.05, 0.1) is 12.5 Å². The second kappa shape index (κ2) is 7.65. The zero-order chi connectivity index (χ0) is 15.3. The second-order valence-corrected chi connectivity index (χ2v) is 7.81. The van der Waals surface area contributed by atoms with E-state index in [0.29, 0.717) is 0 Å². The highest BCUT2D eigenvalue weighted by Crippen LogP contribution is 2.46. The summed E-state index contributed by atoms with van der Waals surface area (Å²) in [5.41, 5.74) is -0.205. The SMILES string of the molecule is CCCCC1CCC(C2CCC(C)(C(=O)OC)CC2)CC1. The molecule has 0 N–H and O–H groups in total. The van der Waals surface area contributed by atoms with Crippen LogP contribution < -0.4 is 0 Å². The predicted molar refractivity (Wildman–Crippen MR) is 87.1 cm³/mol. The summed E-state index contributed by atoms with van der Waals surface area (Å²) in [5, 5.41) is 0. The van der Waals surface area contributed by atoms with E-state index in [1.165, 1.54) is 64.9 Å². The fraction of sp³-hybridized carbons (Fsp3) is 0.947. The van der Waals surface area contributed by atoms with E-state index >= 15 is 0 Å². The monoisotopic (exact) mass is 294 g/mol. The Kier molecular flexibility index (Phi) is 6.13. The van der Waals surface area contributed by atoms with Gasteiger partial charge in [-0.05, 0) is 63.2 Å². The van der Waals surface area contributed by atoms with Gasteiger partial charge < -0.3 is 4.74 Å². The molecule has 0 saturated heterocycles. The molecule has 2 fully saturated rings. The molecule has 21 heavy (non-hydrogen) atoms. The van der Waals surface area contributed by atoms with E-state index in [-0.39, 0.29) is 11.4 Å². The van der Waals surface area contributed by atoms with Crippen molar-refractivity contribution in [3.63, 3.8) is 0 Å². The first-order valence-corrected chi connectivity index (χ1v) is 9.17. The minimum atomic E-state index is -0.205. The number of ether oxygens (including phenoxy) is 1. The highest BCUT2D eigenvalue weighted by atomic mass is 16.5. The van der Waals surface area contributed by atoms with Crippen LogP contribution in [0.5, 0.6) is 0 Å². The van der Waals surface area contributed by atoms with Crippen molar-refractivity contribution in [3.05, 3.63) is 0 Å². The molecule has 2 heteroatoms. The predicted octanol–water partition coefficient (Wildman–Crippen LogP) is 5.35. The van der Waals surface area contributed by atoms with Crippen molar-refractivity contribution in [1.82, 2.24) is 0 Å².